The highest BCUT2D eigenvalue weighted by Gasteiger charge is 2.20. The smallest absolute Gasteiger partial charge is 0.231 e. The molecule has 1 unspecified atom stereocenters. The van der Waals surface area contributed by atoms with Crippen molar-refractivity contribution in [1.82, 2.24) is 0 Å². The Morgan fingerprint density at radius 2 is 1.78 bits per heavy atom. The summed E-state index contributed by atoms with van der Waals surface area (Å²) in [5.41, 5.74) is 1.46. The van der Waals surface area contributed by atoms with Crippen LogP contribution in [-0.2, 0) is 14.6 Å². The molecule has 0 radical (unpaired) electrons. The number of sulfone groups is 1. The van der Waals surface area contributed by atoms with Crippen LogP contribution < -0.4 is 5.32 Å². The van der Waals surface area contributed by atoms with Gasteiger partial charge in [0.25, 0.3) is 0 Å². The molecular weight excluding hydrogens is 310 g/mol. The number of rotatable bonds is 6. The lowest BCUT2D eigenvalue weighted by atomic mass is 9.93. The van der Waals surface area contributed by atoms with Crippen molar-refractivity contribution in [3.05, 3.63) is 60.2 Å². The molecule has 1 N–H and O–H groups in total. The summed E-state index contributed by atoms with van der Waals surface area (Å²) < 4.78 is 23.2. The van der Waals surface area contributed by atoms with Crippen LogP contribution in [0.15, 0.2) is 59.5 Å². The molecule has 0 aromatic heterocycles. The van der Waals surface area contributed by atoms with Gasteiger partial charge >= 0.3 is 0 Å². The molecule has 1 amide bonds. The van der Waals surface area contributed by atoms with Crippen molar-refractivity contribution in [3.8, 4) is 0 Å². The second-order valence-electron chi connectivity index (χ2n) is 5.54. The highest BCUT2D eigenvalue weighted by atomic mass is 32.2. The summed E-state index contributed by atoms with van der Waals surface area (Å²) in [7, 11) is -3.30. The van der Waals surface area contributed by atoms with E-state index in [2.05, 4.69) is 5.32 Å². The number of anilines is 1. The first-order valence-electron chi connectivity index (χ1n) is 7.57. The number of amides is 1. The van der Waals surface area contributed by atoms with Gasteiger partial charge in [-0.15, -0.1) is 0 Å². The van der Waals surface area contributed by atoms with Crippen molar-refractivity contribution in [2.45, 2.75) is 30.6 Å². The molecule has 0 aliphatic heterocycles. The van der Waals surface area contributed by atoms with Crippen molar-refractivity contribution in [1.29, 1.82) is 0 Å². The van der Waals surface area contributed by atoms with Crippen molar-refractivity contribution in [2.75, 3.05) is 11.6 Å². The molecular formula is C18H21NO3S. The zero-order valence-corrected chi connectivity index (χ0v) is 14.1. The Morgan fingerprint density at radius 3 is 2.39 bits per heavy atom. The van der Waals surface area contributed by atoms with E-state index in [4.69, 9.17) is 0 Å². The van der Waals surface area contributed by atoms with E-state index in [1.54, 1.807) is 12.1 Å². The fraction of sp³-hybridized carbons (Fsp3) is 0.278. The van der Waals surface area contributed by atoms with E-state index >= 15 is 0 Å². The van der Waals surface area contributed by atoms with E-state index in [9.17, 15) is 13.2 Å². The van der Waals surface area contributed by atoms with Crippen molar-refractivity contribution in [2.24, 2.45) is 0 Å². The first kappa shape index (κ1) is 17.2. The van der Waals surface area contributed by atoms with Crippen molar-refractivity contribution < 1.29 is 13.2 Å². The Kier molecular flexibility index (Phi) is 5.55. The van der Waals surface area contributed by atoms with Gasteiger partial charge in [-0.1, -0.05) is 49.7 Å². The summed E-state index contributed by atoms with van der Waals surface area (Å²) >= 11 is 0. The minimum atomic E-state index is -3.30. The van der Waals surface area contributed by atoms with Crippen LogP contribution in [0.1, 0.15) is 31.2 Å². The number of nitrogens with one attached hydrogen (secondary N) is 1. The van der Waals surface area contributed by atoms with Gasteiger partial charge in [0.2, 0.25) is 5.91 Å². The standard InChI is InChI=1S/C18H21NO3S/c1-3-8-17(14-9-5-4-6-10-14)18(20)19-15-11-7-12-16(13-15)23(2,21)22/h4-7,9-13,17H,3,8H2,1-2H3,(H,19,20). The topological polar surface area (TPSA) is 63.2 Å². The summed E-state index contributed by atoms with van der Waals surface area (Å²) in [6.07, 6.45) is 2.77. The molecule has 0 heterocycles. The average molecular weight is 331 g/mol. The van der Waals surface area contributed by atoms with Gasteiger partial charge in [-0.2, -0.15) is 0 Å². The second kappa shape index (κ2) is 7.42. The molecule has 23 heavy (non-hydrogen) atoms. The van der Waals surface area contributed by atoms with Crippen molar-refractivity contribution in [3.63, 3.8) is 0 Å². The van der Waals surface area contributed by atoms with Crippen LogP contribution in [-0.4, -0.2) is 20.6 Å². The predicted octanol–water partition coefficient (Wildman–Crippen LogP) is 3.61. The zero-order chi connectivity index (χ0) is 16.9. The molecule has 0 saturated carbocycles. The molecule has 2 aromatic rings. The number of carbonyl (C=O) groups excluding carboxylic acids is 1. The lowest BCUT2D eigenvalue weighted by molar-refractivity contribution is -0.117. The highest BCUT2D eigenvalue weighted by molar-refractivity contribution is 7.90. The van der Waals surface area contributed by atoms with Crippen LogP contribution >= 0.6 is 0 Å². The third-order valence-electron chi connectivity index (χ3n) is 3.63. The molecule has 122 valence electrons. The largest absolute Gasteiger partial charge is 0.326 e. The SMILES string of the molecule is CCCC(C(=O)Nc1cccc(S(C)(=O)=O)c1)c1ccccc1. The molecule has 0 spiro atoms. The van der Waals surface area contributed by atoms with E-state index in [-0.39, 0.29) is 16.7 Å². The maximum absolute atomic E-state index is 12.6. The van der Waals surface area contributed by atoms with Crippen LogP contribution in [0.3, 0.4) is 0 Å². The van der Waals surface area contributed by atoms with Crippen LogP contribution in [0.25, 0.3) is 0 Å². The Bertz CT molecular complexity index is 770. The maximum Gasteiger partial charge on any atom is 0.231 e. The van der Waals surface area contributed by atoms with E-state index in [1.807, 2.05) is 37.3 Å². The van der Waals surface area contributed by atoms with Gasteiger partial charge in [0.15, 0.2) is 9.84 Å². The van der Waals surface area contributed by atoms with Crippen LogP contribution in [0, 0.1) is 0 Å². The van der Waals surface area contributed by atoms with Gasteiger partial charge in [0.05, 0.1) is 10.8 Å². The third kappa shape index (κ3) is 4.66. The Balaban J connectivity index is 2.22. The Labute approximate surface area is 137 Å². The quantitative estimate of drug-likeness (QED) is 0.879. The molecule has 0 aliphatic carbocycles. The highest BCUT2D eigenvalue weighted by Crippen LogP contribution is 2.24. The molecule has 1 atom stereocenters. The fourth-order valence-corrected chi connectivity index (χ4v) is 3.12. The average Bonchev–Trinajstić information content (AvgIpc) is 2.53. The zero-order valence-electron chi connectivity index (χ0n) is 13.3. The molecule has 0 bridgehead atoms. The molecule has 0 aliphatic rings. The lowest BCUT2D eigenvalue weighted by Gasteiger charge is -2.17. The van der Waals surface area contributed by atoms with E-state index in [0.29, 0.717) is 5.69 Å². The van der Waals surface area contributed by atoms with E-state index in [0.717, 1.165) is 24.7 Å². The van der Waals surface area contributed by atoms with Crippen LogP contribution in [0.2, 0.25) is 0 Å². The molecule has 5 heteroatoms. The summed E-state index contributed by atoms with van der Waals surface area (Å²) in [5, 5.41) is 2.83. The van der Waals surface area contributed by atoms with Gasteiger partial charge < -0.3 is 5.32 Å². The van der Waals surface area contributed by atoms with Gasteiger partial charge in [-0.3, -0.25) is 4.79 Å². The molecule has 2 rings (SSSR count). The van der Waals surface area contributed by atoms with Crippen molar-refractivity contribution >= 4 is 21.4 Å². The normalized spacial score (nSPS) is 12.6. The molecule has 0 saturated heterocycles. The second-order valence-corrected chi connectivity index (χ2v) is 7.56. The van der Waals surface area contributed by atoms with Gasteiger partial charge in [-0.25, -0.2) is 8.42 Å². The van der Waals surface area contributed by atoms with Gasteiger partial charge in [-0.05, 0) is 30.2 Å². The Morgan fingerprint density at radius 1 is 1.09 bits per heavy atom. The Hall–Kier alpha value is -2.14. The minimum Gasteiger partial charge on any atom is -0.326 e. The lowest BCUT2D eigenvalue weighted by Crippen LogP contribution is -2.21. The number of hydrogen-bond donors (Lipinski definition) is 1. The number of carbonyl (C=O) groups is 1. The molecule has 2 aromatic carbocycles. The fourth-order valence-electron chi connectivity index (χ4n) is 2.46. The molecule has 0 fully saturated rings. The summed E-state index contributed by atoms with van der Waals surface area (Å²) in [5.74, 6) is -0.369. The predicted molar refractivity (Wildman–Crippen MR) is 92.3 cm³/mol. The minimum absolute atomic E-state index is 0.122. The van der Waals surface area contributed by atoms with E-state index in [1.165, 1.54) is 12.1 Å². The monoisotopic (exact) mass is 331 g/mol. The van der Waals surface area contributed by atoms with Gasteiger partial charge in [0.1, 0.15) is 0 Å². The summed E-state index contributed by atoms with van der Waals surface area (Å²) in [6.45, 7) is 2.04. The first-order valence-corrected chi connectivity index (χ1v) is 9.47. The van der Waals surface area contributed by atoms with Crippen LogP contribution in [0.4, 0.5) is 5.69 Å². The summed E-state index contributed by atoms with van der Waals surface area (Å²) in [6, 6.07) is 15.9. The maximum atomic E-state index is 12.6. The number of benzene rings is 2. The van der Waals surface area contributed by atoms with Gasteiger partial charge in [0, 0.05) is 11.9 Å². The third-order valence-corrected chi connectivity index (χ3v) is 4.74. The molecule has 4 nitrogen and oxygen atoms in total. The first-order chi connectivity index (χ1) is 10.9. The number of hydrogen-bond acceptors (Lipinski definition) is 3. The van der Waals surface area contributed by atoms with Crippen LogP contribution in [0.5, 0.6) is 0 Å². The summed E-state index contributed by atoms with van der Waals surface area (Å²) in [4.78, 5) is 12.8. The van der Waals surface area contributed by atoms with E-state index < -0.39 is 9.84 Å².